The first-order valence-electron chi connectivity index (χ1n) is 7.14. The molecule has 8 nitrogen and oxygen atoms in total. The van der Waals surface area contributed by atoms with Gasteiger partial charge in [-0.25, -0.2) is 4.72 Å². The van der Waals surface area contributed by atoms with Gasteiger partial charge in [-0.1, -0.05) is 6.92 Å². The molecule has 0 aliphatic carbocycles. The molecule has 1 rings (SSSR count). The Morgan fingerprint density at radius 2 is 1.92 bits per heavy atom. The van der Waals surface area contributed by atoms with Crippen molar-refractivity contribution in [1.82, 2.24) is 14.5 Å². The Morgan fingerprint density at radius 3 is 2.44 bits per heavy atom. The maximum Gasteiger partial charge on any atom is 0.516 e. The van der Waals surface area contributed by atoms with Gasteiger partial charge in [0.15, 0.2) is 5.69 Å². The Kier molecular flexibility index (Phi) is 6.21. The topological polar surface area (TPSA) is 107 Å². The van der Waals surface area contributed by atoms with E-state index in [1.807, 2.05) is 6.92 Å². The minimum absolute atomic E-state index is 0.0465. The summed E-state index contributed by atoms with van der Waals surface area (Å²) in [6.45, 7) is 5.24. The van der Waals surface area contributed by atoms with Gasteiger partial charge in [-0.15, -0.1) is 0 Å². The van der Waals surface area contributed by atoms with Crippen LogP contribution in [0.25, 0.3) is 0 Å². The molecule has 1 heterocycles. The van der Waals surface area contributed by atoms with Crippen molar-refractivity contribution in [3.63, 3.8) is 0 Å². The second-order valence-corrected chi connectivity index (χ2v) is 7.39. The first kappa shape index (κ1) is 20.9. The quantitative estimate of drug-likeness (QED) is 0.712. The van der Waals surface area contributed by atoms with Crippen LogP contribution >= 0.6 is 0 Å². The number of rotatable bonds is 7. The number of carbonyl (C=O) groups excluding carboxylic acids is 2. The van der Waals surface area contributed by atoms with Crippen LogP contribution < -0.4 is 4.72 Å². The molecule has 142 valence electrons. The van der Waals surface area contributed by atoms with Crippen LogP contribution in [0.2, 0.25) is 0 Å². The first-order valence-corrected chi connectivity index (χ1v) is 8.62. The highest BCUT2D eigenvalue weighted by atomic mass is 32.2. The zero-order chi connectivity index (χ0) is 19.5. The lowest BCUT2D eigenvalue weighted by Gasteiger charge is -2.20. The van der Waals surface area contributed by atoms with Gasteiger partial charge < -0.3 is 4.74 Å². The van der Waals surface area contributed by atoms with Crippen molar-refractivity contribution in [2.45, 2.75) is 39.2 Å². The van der Waals surface area contributed by atoms with E-state index in [0.717, 1.165) is 15.5 Å². The Bertz CT molecular complexity index is 740. The third-order valence-electron chi connectivity index (χ3n) is 3.40. The molecule has 0 saturated carbocycles. The third kappa shape index (κ3) is 5.44. The van der Waals surface area contributed by atoms with Crippen LogP contribution in [0.4, 0.5) is 13.2 Å². The monoisotopic (exact) mass is 385 g/mol. The third-order valence-corrected chi connectivity index (χ3v) is 4.46. The van der Waals surface area contributed by atoms with Crippen molar-refractivity contribution in [1.29, 1.82) is 0 Å². The van der Waals surface area contributed by atoms with Crippen LogP contribution in [0, 0.1) is 5.41 Å². The fraction of sp³-hybridized carbons (Fsp3) is 0.615. The van der Waals surface area contributed by atoms with Crippen LogP contribution in [-0.4, -0.2) is 42.2 Å². The van der Waals surface area contributed by atoms with Gasteiger partial charge >= 0.3 is 21.5 Å². The van der Waals surface area contributed by atoms with Crippen molar-refractivity contribution in [3.05, 3.63) is 18.0 Å². The SMILES string of the molecule is CCC(C)(C)C(=O)OCCn1ccc(C(=O)NS(=O)(=O)C(F)(F)F)n1. The Labute approximate surface area is 142 Å². The summed E-state index contributed by atoms with van der Waals surface area (Å²) in [5.41, 5.74) is -6.78. The van der Waals surface area contributed by atoms with Gasteiger partial charge in [0.2, 0.25) is 0 Å². The molecule has 1 aromatic heterocycles. The number of nitrogens with zero attached hydrogens (tertiary/aromatic N) is 2. The molecule has 0 radical (unpaired) electrons. The van der Waals surface area contributed by atoms with Gasteiger partial charge in [0.1, 0.15) is 6.61 Å². The number of hydrogen-bond acceptors (Lipinski definition) is 6. The standard InChI is InChI=1S/C13H18F3N3O5S/c1-4-12(2,3)11(21)24-8-7-19-6-5-9(17-19)10(20)18-25(22,23)13(14,15)16/h5-6H,4,7-8H2,1-3H3,(H,18,20). The van der Waals surface area contributed by atoms with E-state index in [1.165, 1.54) is 6.20 Å². The molecule has 0 fully saturated rings. The zero-order valence-electron chi connectivity index (χ0n) is 13.8. The molecule has 12 heteroatoms. The molecule has 0 aliphatic rings. The van der Waals surface area contributed by atoms with Crippen molar-refractivity contribution < 1.29 is 35.9 Å². The number of nitrogens with one attached hydrogen (secondary N) is 1. The number of hydrogen-bond donors (Lipinski definition) is 1. The Balaban J connectivity index is 2.63. The number of esters is 1. The summed E-state index contributed by atoms with van der Waals surface area (Å²) in [4.78, 5) is 23.3. The average Bonchev–Trinajstić information content (AvgIpc) is 2.94. The summed E-state index contributed by atoms with van der Waals surface area (Å²) < 4.78 is 65.4. The number of aromatic nitrogens is 2. The number of halogens is 3. The van der Waals surface area contributed by atoms with E-state index in [-0.39, 0.29) is 13.2 Å². The molecule has 1 aromatic rings. The molecular weight excluding hydrogens is 367 g/mol. The number of ether oxygens (including phenoxy) is 1. The molecule has 0 aliphatic heterocycles. The highest BCUT2D eigenvalue weighted by molar-refractivity contribution is 7.90. The summed E-state index contributed by atoms with van der Waals surface area (Å²) in [6.07, 6.45) is 1.82. The molecule has 0 aromatic carbocycles. The minimum Gasteiger partial charge on any atom is -0.463 e. The Morgan fingerprint density at radius 1 is 1.32 bits per heavy atom. The van der Waals surface area contributed by atoms with Crippen LogP contribution in [0.1, 0.15) is 37.7 Å². The summed E-state index contributed by atoms with van der Waals surface area (Å²) in [6, 6.07) is 1.04. The normalized spacial score (nSPS) is 12.7. The summed E-state index contributed by atoms with van der Waals surface area (Å²) >= 11 is 0. The van der Waals surface area contributed by atoms with Crippen LogP contribution in [0.5, 0.6) is 0 Å². The highest BCUT2D eigenvalue weighted by Gasteiger charge is 2.47. The Hall–Kier alpha value is -2.11. The molecule has 25 heavy (non-hydrogen) atoms. The first-order chi connectivity index (χ1) is 11.3. The highest BCUT2D eigenvalue weighted by Crippen LogP contribution is 2.22. The molecule has 0 unspecified atom stereocenters. The van der Waals surface area contributed by atoms with Crippen LogP contribution in [0.3, 0.4) is 0 Å². The lowest BCUT2D eigenvalue weighted by Crippen LogP contribution is -2.40. The molecule has 0 spiro atoms. The van der Waals surface area contributed by atoms with E-state index < -0.39 is 38.5 Å². The molecule has 1 N–H and O–H groups in total. The van der Waals surface area contributed by atoms with E-state index in [4.69, 9.17) is 4.74 Å². The average molecular weight is 385 g/mol. The van der Waals surface area contributed by atoms with E-state index in [0.29, 0.717) is 6.42 Å². The lowest BCUT2D eigenvalue weighted by atomic mass is 9.91. The number of alkyl halides is 3. The van der Waals surface area contributed by atoms with E-state index in [2.05, 4.69) is 5.10 Å². The fourth-order valence-corrected chi connectivity index (χ4v) is 1.88. The molecular formula is C13H18F3N3O5S. The van der Waals surface area contributed by atoms with Crippen molar-refractivity contribution >= 4 is 21.9 Å². The van der Waals surface area contributed by atoms with Gasteiger partial charge in [0.25, 0.3) is 5.91 Å². The zero-order valence-corrected chi connectivity index (χ0v) is 14.6. The second kappa shape index (κ2) is 7.42. The lowest BCUT2D eigenvalue weighted by molar-refractivity contribution is -0.154. The second-order valence-electron chi connectivity index (χ2n) is 5.72. The van der Waals surface area contributed by atoms with Gasteiger partial charge in [-0.05, 0) is 26.3 Å². The predicted octanol–water partition coefficient (Wildman–Crippen LogP) is 1.44. The molecule has 0 saturated heterocycles. The molecule has 0 atom stereocenters. The summed E-state index contributed by atoms with van der Waals surface area (Å²) in [5, 5.41) is 3.64. The van der Waals surface area contributed by atoms with Crippen molar-refractivity contribution in [3.8, 4) is 0 Å². The largest absolute Gasteiger partial charge is 0.516 e. The van der Waals surface area contributed by atoms with Crippen molar-refractivity contribution in [2.24, 2.45) is 5.41 Å². The number of sulfonamides is 1. The maximum absolute atomic E-state index is 12.2. The molecule has 0 bridgehead atoms. The van der Waals surface area contributed by atoms with Crippen molar-refractivity contribution in [2.75, 3.05) is 6.61 Å². The van der Waals surface area contributed by atoms with Gasteiger partial charge in [-0.2, -0.15) is 26.7 Å². The molecule has 1 amide bonds. The summed E-state index contributed by atoms with van der Waals surface area (Å²) in [5.74, 6) is -1.93. The van der Waals surface area contributed by atoms with Crippen LogP contribution in [-0.2, 0) is 26.1 Å². The van der Waals surface area contributed by atoms with Gasteiger partial charge in [-0.3, -0.25) is 14.3 Å². The number of amides is 1. The number of carbonyl (C=O) groups is 2. The summed E-state index contributed by atoms with van der Waals surface area (Å²) in [7, 11) is -5.80. The minimum atomic E-state index is -5.80. The van der Waals surface area contributed by atoms with E-state index in [1.54, 1.807) is 13.8 Å². The van der Waals surface area contributed by atoms with E-state index >= 15 is 0 Å². The fourth-order valence-electron chi connectivity index (χ4n) is 1.41. The predicted molar refractivity (Wildman–Crippen MR) is 79.7 cm³/mol. The van der Waals surface area contributed by atoms with Gasteiger partial charge in [0.05, 0.1) is 12.0 Å². The van der Waals surface area contributed by atoms with E-state index in [9.17, 15) is 31.2 Å². The van der Waals surface area contributed by atoms with Crippen LogP contribution in [0.15, 0.2) is 12.3 Å². The maximum atomic E-state index is 12.2. The smallest absolute Gasteiger partial charge is 0.463 e. The van der Waals surface area contributed by atoms with Gasteiger partial charge in [0, 0.05) is 6.20 Å².